The van der Waals surface area contributed by atoms with E-state index < -0.39 is 0 Å². The number of nitrogens with zero attached hydrogens (tertiary/aromatic N) is 2. The molecule has 0 spiro atoms. The molecule has 2 N–H and O–H groups in total. The number of nitrogens with two attached hydrogens (primary N) is 1. The zero-order chi connectivity index (χ0) is 13.8. The maximum atomic E-state index is 13.9. The van der Waals surface area contributed by atoms with Gasteiger partial charge in [-0.2, -0.15) is 0 Å². The molecule has 1 heterocycles. The van der Waals surface area contributed by atoms with Gasteiger partial charge in [0.1, 0.15) is 5.82 Å². The molecule has 0 amide bonds. The molecular weight excluding hydrogens is 241 g/mol. The Morgan fingerprint density at radius 1 is 1.37 bits per heavy atom. The van der Waals surface area contributed by atoms with E-state index in [0.29, 0.717) is 5.56 Å². The zero-order valence-corrected chi connectivity index (χ0v) is 11.9. The van der Waals surface area contributed by atoms with Crippen molar-refractivity contribution in [1.29, 1.82) is 0 Å². The summed E-state index contributed by atoms with van der Waals surface area (Å²) in [7, 11) is 2.01. The zero-order valence-electron chi connectivity index (χ0n) is 11.9. The average Bonchev–Trinajstić information content (AvgIpc) is 2.88. The molecule has 0 unspecified atom stereocenters. The van der Waals surface area contributed by atoms with Crippen molar-refractivity contribution in [3.63, 3.8) is 0 Å². The van der Waals surface area contributed by atoms with Gasteiger partial charge in [0.2, 0.25) is 0 Å². The van der Waals surface area contributed by atoms with Crippen molar-refractivity contribution < 1.29 is 4.39 Å². The van der Waals surface area contributed by atoms with Crippen LogP contribution in [0, 0.1) is 5.82 Å². The maximum absolute atomic E-state index is 13.9. The lowest BCUT2D eigenvalue weighted by Crippen LogP contribution is -2.32. The summed E-state index contributed by atoms with van der Waals surface area (Å²) in [6.45, 7) is 6.15. The number of hydrogen-bond acceptors (Lipinski definition) is 3. The third-order valence-electron chi connectivity index (χ3n) is 3.85. The molecule has 19 heavy (non-hydrogen) atoms. The molecule has 2 rings (SSSR count). The molecule has 1 aromatic carbocycles. The van der Waals surface area contributed by atoms with Crippen molar-refractivity contribution in [2.45, 2.75) is 25.8 Å². The number of anilines is 1. The van der Waals surface area contributed by atoms with Crippen LogP contribution in [0.5, 0.6) is 0 Å². The van der Waals surface area contributed by atoms with Crippen LogP contribution in [0.15, 0.2) is 18.2 Å². The Labute approximate surface area is 115 Å². The molecule has 0 aliphatic carbocycles. The Morgan fingerprint density at radius 3 is 2.68 bits per heavy atom. The third-order valence-corrected chi connectivity index (χ3v) is 3.85. The average molecular weight is 265 g/mol. The molecule has 0 aromatic heterocycles. The summed E-state index contributed by atoms with van der Waals surface area (Å²) in [4.78, 5) is 4.57. The van der Waals surface area contributed by atoms with Gasteiger partial charge in [-0.05, 0) is 45.0 Å². The van der Waals surface area contributed by atoms with Crippen molar-refractivity contribution in [1.82, 2.24) is 4.90 Å². The van der Waals surface area contributed by atoms with E-state index in [4.69, 9.17) is 5.73 Å². The Balaban J connectivity index is 2.05. The highest BCUT2D eigenvalue weighted by molar-refractivity contribution is 5.55. The first-order valence-corrected chi connectivity index (χ1v) is 7.07. The molecule has 0 saturated carbocycles. The fourth-order valence-electron chi connectivity index (χ4n) is 2.73. The molecule has 1 atom stereocenters. The molecule has 1 aliphatic heterocycles. The Kier molecular flexibility index (Phi) is 4.77. The predicted molar refractivity (Wildman–Crippen MR) is 77.9 cm³/mol. The molecule has 1 aliphatic rings. The summed E-state index contributed by atoms with van der Waals surface area (Å²) < 4.78 is 13.9. The van der Waals surface area contributed by atoms with Gasteiger partial charge in [0.25, 0.3) is 0 Å². The molecule has 0 bridgehead atoms. The first kappa shape index (κ1) is 14.3. The normalized spacial score (nSPS) is 17.7. The Bertz CT molecular complexity index is 414. The highest BCUT2D eigenvalue weighted by atomic mass is 19.1. The number of likely N-dealkylation sites (N-methyl/N-ethyl adjacent to an activating group) is 1. The van der Waals surface area contributed by atoms with Gasteiger partial charge in [-0.3, -0.25) is 0 Å². The Hall–Kier alpha value is -1.13. The van der Waals surface area contributed by atoms with Gasteiger partial charge in [-0.15, -0.1) is 0 Å². The second-order valence-electron chi connectivity index (χ2n) is 5.43. The minimum absolute atomic E-state index is 0.208. The summed E-state index contributed by atoms with van der Waals surface area (Å²) >= 11 is 0. The van der Waals surface area contributed by atoms with Gasteiger partial charge in [0, 0.05) is 37.4 Å². The highest BCUT2D eigenvalue weighted by Crippen LogP contribution is 2.27. The van der Waals surface area contributed by atoms with Crippen molar-refractivity contribution in [2.24, 2.45) is 5.73 Å². The van der Waals surface area contributed by atoms with E-state index in [1.165, 1.54) is 32.0 Å². The Morgan fingerprint density at radius 2 is 2.05 bits per heavy atom. The fourth-order valence-corrected chi connectivity index (χ4v) is 2.73. The van der Waals surface area contributed by atoms with Crippen LogP contribution in [0.1, 0.15) is 31.4 Å². The van der Waals surface area contributed by atoms with Gasteiger partial charge in [-0.25, -0.2) is 4.39 Å². The molecular formula is C15H24FN3. The van der Waals surface area contributed by atoms with E-state index in [9.17, 15) is 4.39 Å². The third kappa shape index (κ3) is 3.45. The summed E-state index contributed by atoms with van der Waals surface area (Å²) in [5.41, 5.74) is 7.42. The summed E-state index contributed by atoms with van der Waals surface area (Å²) in [5.74, 6) is -0.208. The lowest BCUT2D eigenvalue weighted by molar-refractivity contribution is 0.346. The minimum Gasteiger partial charge on any atom is -0.373 e. The van der Waals surface area contributed by atoms with Crippen molar-refractivity contribution in [3.8, 4) is 0 Å². The van der Waals surface area contributed by atoms with E-state index in [1.54, 1.807) is 6.07 Å². The number of likely N-dealkylation sites (tertiary alicyclic amines) is 1. The van der Waals surface area contributed by atoms with Gasteiger partial charge in [0.15, 0.2) is 0 Å². The molecule has 1 saturated heterocycles. The second kappa shape index (κ2) is 6.35. The SMILES string of the molecule is C[C@H](N)c1c(F)cccc1N(C)CCN1CCCC1. The number of rotatable bonds is 5. The number of hydrogen-bond donors (Lipinski definition) is 1. The smallest absolute Gasteiger partial charge is 0.130 e. The molecule has 3 nitrogen and oxygen atoms in total. The molecule has 1 aromatic rings. The van der Waals surface area contributed by atoms with Crippen LogP contribution in [-0.2, 0) is 0 Å². The molecule has 4 heteroatoms. The maximum Gasteiger partial charge on any atom is 0.130 e. The van der Waals surface area contributed by atoms with E-state index in [1.807, 2.05) is 20.0 Å². The van der Waals surface area contributed by atoms with Crippen LogP contribution in [0.4, 0.5) is 10.1 Å². The summed E-state index contributed by atoms with van der Waals surface area (Å²) in [5, 5.41) is 0. The van der Waals surface area contributed by atoms with Crippen LogP contribution >= 0.6 is 0 Å². The molecule has 0 radical (unpaired) electrons. The van der Waals surface area contributed by atoms with Crippen LogP contribution in [-0.4, -0.2) is 38.1 Å². The summed E-state index contributed by atoms with van der Waals surface area (Å²) in [6.07, 6.45) is 2.60. The van der Waals surface area contributed by atoms with Crippen LogP contribution < -0.4 is 10.6 Å². The summed E-state index contributed by atoms with van der Waals surface area (Å²) in [6, 6.07) is 4.90. The lowest BCUT2D eigenvalue weighted by Gasteiger charge is -2.26. The van der Waals surface area contributed by atoms with E-state index in [2.05, 4.69) is 9.80 Å². The first-order valence-electron chi connectivity index (χ1n) is 7.07. The predicted octanol–water partition coefficient (Wildman–Crippen LogP) is 2.38. The topological polar surface area (TPSA) is 32.5 Å². The monoisotopic (exact) mass is 265 g/mol. The van der Waals surface area contributed by atoms with Gasteiger partial charge in [0.05, 0.1) is 0 Å². The van der Waals surface area contributed by atoms with Gasteiger partial charge < -0.3 is 15.5 Å². The largest absolute Gasteiger partial charge is 0.373 e. The van der Waals surface area contributed by atoms with E-state index in [0.717, 1.165) is 18.8 Å². The van der Waals surface area contributed by atoms with Crippen molar-refractivity contribution in [2.75, 3.05) is 38.1 Å². The standard InChI is InChI=1S/C15H24FN3/c1-12(17)15-13(16)6-5-7-14(15)18(2)10-11-19-8-3-4-9-19/h5-7,12H,3-4,8-11,17H2,1-2H3/t12-/m0/s1. The van der Waals surface area contributed by atoms with E-state index >= 15 is 0 Å². The van der Waals surface area contributed by atoms with Crippen LogP contribution in [0.2, 0.25) is 0 Å². The van der Waals surface area contributed by atoms with Crippen LogP contribution in [0.25, 0.3) is 0 Å². The second-order valence-corrected chi connectivity index (χ2v) is 5.43. The van der Waals surface area contributed by atoms with Crippen molar-refractivity contribution >= 4 is 5.69 Å². The quantitative estimate of drug-likeness (QED) is 0.887. The van der Waals surface area contributed by atoms with Gasteiger partial charge >= 0.3 is 0 Å². The van der Waals surface area contributed by atoms with Crippen LogP contribution in [0.3, 0.4) is 0 Å². The number of benzene rings is 1. The number of halogens is 1. The first-order chi connectivity index (χ1) is 9.09. The fraction of sp³-hybridized carbons (Fsp3) is 0.600. The minimum atomic E-state index is -0.287. The lowest BCUT2D eigenvalue weighted by atomic mass is 10.1. The van der Waals surface area contributed by atoms with Gasteiger partial charge in [-0.1, -0.05) is 6.07 Å². The molecule has 1 fully saturated rings. The van der Waals surface area contributed by atoms with E-state index in [-0.39, 0.29) is 11.9 Å². The highest BCUT2D eigenvalue weighted by Gasteiger charge is 2.17. The molecule has 106 valence electrons. The van der Waals surface area contributed by atoms with Crippen molar-refractivity contribution in [3.05, 3.63) is 29.6 Å².